The third kappa shape index (κ3) is 2.38. The first-order valence-corrected chi connectivity index (χ1v) is 10.7. The summed E-state index contributed by atoms with van der Waals surface area (Å²) in [7, 11) is 0. The molecule has 1 fully saturated rings. The molecule has 31 heavy (non-hydrogen) atoms. The van der Waals surface area contributed by atoms with E-state index in [1.807, 2.05) is 23.3 Å². The Kier molecular flexibility index (Phi) is 3.81. The van der Waals surface area contributed by atoms with Crippen LogP contribution in [0.3, 0.4) is 0 Å². The highest BCUT2D eigenvalue weighted by Crippen LogP contribution is 2.62. The highest BCUT2D eigenvalue weighted by atomic mass is 16.7. The molecule has 3 heterocycles. The third-order valence-electron chi connectivity index (χ3n) is 6.96. The Balaban J connectivity index is 1.61. The molecule has 0 N–H and O–H groups in total. The maximum Gasteiger partial charge on any atom is 0.136 e. The van der Waals surface area contributed by atoms with Crippen LogP contribution in [0.5, 0.6) is 0 Å². The molecule has 0 radical (unpaired) electrons. The van der Waals surface area contributed by atoms with Crippen LogP contribution in [0.1, 0.15) is 34.5 Å². The monoisotopic (exact) mass is 405 g/mol. The van der Waals surface area contributed by atoms with E-state index in [1.54, 1.807) is 0 Å². The fourth-order valence-corrected chi connectivity index (χ4v) is 5.47. The van der Waals surface area contributed by atoms with Crippen LogP contribution in [0.2, 0.25) is 0 Å². The van der Waals surface area contributed by atoms with Gasteiger partial charge in [-0.05, 0) is 43.2 Å². The molecule has 6 rings (SSSR count). The predicted molar refractivity (Wildman–Crippen MR) is 121 cm³/mol. The van der Waals surface area contributed by atoms with Crippen molar-refractivity contribution in [1.29, 1.82) is 5.26 Å². The van der Waals surface area contributed by atoms with Gasteiger partial charge in [0.15, 0.2) is 0 Å². The van der Waals surface area contributed by atoms with E-state index in [0.717, 1.165) is 11.3 Å². The summed E-state index contributed by atoms with van der Waals surface area (Å²) in [5, 5.41) is 13.9. The molecule has 3 atom stereocenters. The van der Waals surface area contributed by atoms with Gasteiger partial charge in [0, 0.05) is 23.1 Å². The molecule has 0 bridgehead atoms. The summed E-state index contributed by atoms with van der Waals surface area (Å²) in [4.78, 5) is 6.64. The number of nitrogens with zero attached hydrogens (tertiary/aromatic N) is 3. The first-order chi connectivity index (χ1) is 15.1. The van der Waals surface area contributed by atoms with Crippen LogP contribution in [0, 0.1) is 30.6 Å². The average molecular weight is 406 g/mol. The minimum atomic E-state index is -0.713. The van der Waals surface area contributed by atoms with Crippen molar-refractivity contribution >= 4 is 16.6 Å². The second-order valence-electron chi connectivity index (χ2n) is 8.73. The summed E-state index contributed by atoms with van der Waals surface area (Å²) in [6, 6.07) is 29.6. The molecule has 0 spiro atoms. The van der Waals surface area contributed by atoms with Gasteiger partial charge in [-0.3, -0.25) is 4.84 Å². The second-order valence-corrected chi connectivity index (χ2v) is 8.73. The molecular weight excluding hydrogens is 382 g/mol. The topological polar surface area (TPSA) is 41.2 Å². The van der Waals surface area contributed by atoms with Gasteiger partial charge in [0.1, 0.15) is 17.6 Å². The van der Waals surface area contributed by atoms with Gasteiger partial charge in [-0.25, -0.2) is 5.06 Å². The van der Waals surface area contributed by atoms with Crippen molar-refractivity contribution in [3.05, 3.63) is 101 Å². The minimum absolute atomic E-state index is 0.182. The van der Waals surface area contributed by atoms with Crippen LogP contribution < -0.4 is 5.06 Å². The highest BCUT2D eigenvalue weighted by Gasteiger charge is 2.63. The molecule has 3 aromatic carbocycles. The zero-order chi connectivity index (χ0) is 21.2. The van der Waals surface area contributed by atoms with Gasteiger partial charge in [-0.1, -0.05) is 66.2 Å². The van der Waals surface area contributed by atoms with E-state index in [2.05, 4.69) is 85.1 Å². The van der Waals surface area contributed by atoms with Gasteiger partial charge < -0.3 is 4.57 Å². The van der Waals surface area contributed by atoms with E-state index in [9.17, 15) is 5.26 Å². The number of rotatable bonds is 2. The van der Waals surface area contributed by atoms with Crippen molar-refractivity contribution < 1.29 is 4.84 Å². The number of hydrogen-bond donors (Lipinski definition) is 0. The van der Waals surface area contributed by atoms with Gasteiger partial charge in [0.25, 0.3) is 0 Å². The van der Waals surface area contributed by atoms with Crippen LogP contribution in [-0.2, 0) is 11.4 Å². The summed E-state index contributed by atoms with van der Waals surface area (Å²) >= 11 is 0. The van der Waals surface area contributed by atoms with E-state index in [-0.39, 0.29) is 12.1 Å². The molecule has 2 aliphatic rings. The Labute approximate surface area is 181 Å². The lowest BCUT2D eigenvalue weighted by atomic mass is 9.75. The second kappa shape index (κ2) is 6.47. The van der Waals surface area contributed by atoms with Gasteiger partial charge in [-0.2, -0.15) is 5.26 Å². The number of aryl methyl sites for hydroxylation is 2. The van der Waals surface area contributed by atoms with Crippen LogP contribution in [-0.4, -0.2) is 4.57 Å². The Hall–Kier alpha value is -3.55. The van der Waals surface area contributed by atoms with Crippen LogP contribution in [0.25, 0.3) is 10.9 Å². The molecule has 2 aliphatic heterocycles. The molecule has 0 amide bonds. The van der Waals surface area contributed by atoms with E-state index < -0.39 is 5.41 Å². The van der Waals surface area contributed by atoms with Gasteiger partial charge in [0.2, 0.25) is 0 Å². The number of aromatic nitrogens is 1. The summed E-state index contributed by atoms with van der Waals surface area (Å²) < 4.78 is 2.35. The molecule has 0 saturated carbocycles. The number of anilines is 1. The summed E-state index contributed by atoms with van der Waals surface area (Å²) in [6.07, 6.45) is -0.346. The lowest BCUT2D eigenvalue weighted by Crippen LogP contribution is -2.30. The lowest BCUT2D eigenvalue weighted by Gasteiger charge is -2.26. The smallest absolute Gasteiger partial charge is 0.136 e. The highest BCUT2D eigenvalue weighted by molar-refractivity contribution is 5.86. The zero-order valence-corrected chi connectivity index (χ0v) is 17.6. The van der Waals surface area contributed by atoms with E-state index in [4.69, 9.17) is 4.84 Å². The number of para-hydroxylation sites is 2. The van der Waals surface area contributed by atoms with Crippen LogP contribution in [0.4, 0.5) is 5.69 Å². The SMILES string of the molecule is Cc1ccc([C@H]2ON(c3ccccc3)[C@@H]3c4c(C)c5ccccc5n4C[C@]23C#N)cc1. The van der Waals surface area contributed by atoms with Gasteiger partial charge in [-0.15, -0.1) is 0 Å². The Morgan fingerprint density at radius 3 is 2.39 bits per heavy atom. The third-order valence-corrected chi connectivity index (χ3v) is 6.96. The van der Waals surface area contributed by atoms with E-state index >= 15 is 0 Å². The molecule has 152 valence electrons. The molecule has 0 aliphatic carbocycles. The molecule has 4 aromatic rings. The van der Waals surface area contributed by atoms with Crippen molar-refractivity contribution in [1.82, 2.24) is 4.57 Å². The largest absolute Gasteiger partial charge is 0.340 e. The molecular formula is C27H23N3O. The van der Waals surface area contributed by atoms with E-state index in [0.29, 0.717) is 6.54 Å². The summed E-state index contributed by atoms with van der Waals surface area (Å²) in [5.41, 5.74) is 6.10. The molecule has 4 heteroatoms. The number of fused-ring (bicyclic) bond motifs is 5. The van der Waals surface area contributed by atoms with Crippen molar-refractivity contribution in [2.75, 3.05) is 5.06 Å². The number of hydroxylamine groups is 1. The van der Waals surface area contributed by atoms with Gasteiger partial charge >= 0.3 is 0 Å². The van der Waals surface area contributed by atoms with Crippen LogP contribution >= 0.6 is 0 Å². The maximum atomic E-state index is 10.7. The number of hydrogen-bond acceptors (Lipinski definition) is 3. The van der Waals surface area contributed by atoms with E-state index in [1.165, 1.54) is 27.7 Å². The van der Waals surface area contributed by atoms with Crippen molar-refractivity contribution in [2.45, 2.75) is 32.5 Å². The molecule has 1 saturated heterocycles. The summed E-state index contributed by atoms with van der Waals surface area (Å²) in [5.74, 6) is 0. The fraction of sp³-hybridized carbons (Fsp3) is 0.222. The Bertz CT molecular complexity index is 1330. The standard InChI is InChI=1S/C27H23N3O/c1-18-12-14-20(15-13-18)26-27(16-28)17-29-23-11-7-6-10-22(23)19(2)24(29)25(27)30(31-26)21-8-4-3-5-9-21/h3-15,25-26H,17H2,1-2H3/t25-,26-,27+/m1/s1. The average Bonchev–Trinajstić information content (AvgIpc) is 3.41. The molecule has 1 aromatic heterocycles. The summed E-state index contributed by atoms with van der Waals surface area (Å²) in [6.45, 7) is 4.86. The predicted octanol–water partition coefficient (Wildman–Crippen LogP) is 6.02. The number of benzene rings is 3. The maximum absolute atomic E-state index is 10.7. The van der Waals surface area contributed by atoms with Crippen molar-refractivity contribution in [3.63, 3.8) is 0 Å². The first kappa shape index (κ1) is 18.2. The van der Waals surface area contributed by atoms with Crippen LogP contribution in [0.15, 0.2) is 78.9 Å². The molecule has 4 nitrogen and oxygen atoms in total. The minimum Gasteiger partial charge on any atom is -0.340 e. The Morgan fingerprint density at radius 1 is 0.935 bits per heavy atom. The fourth-order valence-electron chi connectivity index (χ4n) is 5.47. The molecule has 0 unspecified atom stereocenters. The normalized spacial score (nSPS) is 24.2. The Morgan fingerprint density at radius 2 is 1.65 bits per heavy atom. The van der Waals surface area contributed by atoms with Crippen molar-refractivity contribution in [3.8, 4) is 6.07 Å². The zero-order valence-electron chi connectivity index (χ0n) is 17.6. The van der Waals surface area contributed by atoms with Crippen molar-refractivity contribution in [2.24, 2.45) is 5.41 Å². The lowest BCUT2D eigenvalue weighted by molar-refractivity contribution is 0.0478. The van der Waals surface area contributed by atoms with Gasteiger partial charge in [0.05, 0.1) is 11.8 Å². The first-order valence-electron chi connectivity index (χ1n) is 10.7. The number of nitriles is 1. The quantitative estimate of drug-likeness (QED) is 0.410.